The first kappa shape index (κ1) is 15.0. The molecule has 0 amide bonds. The van der Waals surface area contributed by atoms with E-state index in [4.69, 9.17) is 5.11 Å². The summed E-state index contributed by atoms with van der Waals surface area (Å²) >= 11 is 0. The Hall–Kier alpha value is -2.88. The number of aryl methyl sites for hydroxylation is 2. The van der Waals surface area contributed by atoms with Crippen molar-refractivity contribution in [3.8, 4) is 0 Å². The summed E-state index contributed by atoms with van der Waals surface area (Å²) in [6.07, 6.45) is 4.48. The molecule has 1 aliphatic carbocycles. The fourth-order valence-electron chi connectivity index (χ4n) is 3.16. The number of hydrogen-bond acceptors (Lipinski definition) is 2. The van der Waals surface area contributed by atoms with Gasteiger partial charge in [-0.15, -0.1) is 0 Å². The van der Waals surface area contributed by atoms with Crippen LogP contribution in [0.5, 0.6) is 0 Å². The summed E-state index contributed by atoms with van der Waals surface area (Å²) in [4.78, 5) is 22.3. The van der Waals surface area contributed by atoms with Crippen LogP contribution in [-0.2, 0) is 22.4 Å². The Kier molecular flexibility index (Phi) is 3.74. The average Bonchev–Trinajstić information content (AvgIpc) is 2.90. The summed E-state index contributed by atoms with van der Waals surface area (Å²) < 4.78 is 0. The zero-order valence-corrected chi connectivity index (χ0v) is 12.7. The van der Waals surface area contributed by atoms with Crippen LogP contribution in [0.25, 0.3) is 16.8 Å². The largest absolute Gasteiger partial charge is 0.478 e. The Morgan fingerprint density at radius 2 is 1.74 bits per heavy atom. The van der Waals surface area contributed by atoms with Gasteiger partial charge in [-0.05, 0) is 58.9 Å². The normalized spacial score (nSPS) is 14.3. The number of aliphatic carboxylic acids is 2. The zero-order chi connectivity index (χ0) is 16.6. The minimum absolute atomic E-state index is 0.00824. The van der Waals surface area contributed by atoms with E-state index in [1.165, 1.54) is 23.4 Å². The molecule has 0 aliphatic heterocycles. The first-order chi connectivity index (χ1) is 11.0. The van der Waals surface area contributed by atoms with E-state index in [9.17, 15) is 14.7 Å². The minimum atomic E-state index is -1.16. The number of carboxylic acid groups (broad SMARTS) is 2. The van der Waals surface area contributed by atoms with Crippen molar-refractivity contribution in [1.82, 2.24) is 0 Å². The average molecular weight is 308 g/mol. The topological polar surface area (TPSA) is 74.6 Å². The van der Waals surface area contributed by atoms with Crippen molar-refractivity contribution in [3.05, 3.63) is 64.2 Å². The lowest BCUT2D eigenvalue weighted by molar-refractivity contribution is -0.132. The third-order valence-corrected chi connectivity index (χ3v) is 4.21. The van der Waals surface area contributed by atoms with Crippen LogP contribution in [0.1, 0.15) is 23.6 Å². The van der Waals surface area contributed by atoms with Gasteiger partial charge in [0.2, 0.25) is 0 Å². The summed E-state index contributed by atoms with van der Waals surface area (Å²) in [5.41, 5.74) is 3.56. The molecule has 3 rings (SSSR count). The van der Waals surface area contributed by atoms with Gasteiger partial charge in [-0.25, -0.2) is 9.59 Å². The molecule has 1 aliphatic rings. The van der Waals surface area contributed by atoms with Gasteiger partial charge >= 0.3 is 11.9 Å². The third-order valence-electron chi connectivity index (χ3n) is 4.21. The number of carboxylic acids is 2. The van der Waals surface area contributed by atoms with E-state index >= 15 is 0 Å². The fraction of sp³-hybridized carbons (Fsp3) is 0.158. The second-order valence-electron chi connectivity index (χ2n) is 5.68. The van der Waals surface area contributed by atoms with Crippen molar-refractivity contribution >= 4 is 28.8 Å². The monoisotopic (exact) mass is 308 g/mol. The SMILES string of the molecule is CC(=C/C(=O)O)/C(=C/c1ccc2c3c(cccc13)CC2)C(=O)O. The Morgan fingerprint density at radius 3 is 2.39 bits per heavy atom. The highest BCUT2D eigenvalue weighted by atomic mass is 16.4. The second-order valence-corrected chi connectivity index (χ2v) is 5.68. The van der Waals surface area contributed by atoms with Crippen LogP contribution >= 0.6 is 0 Å². The van der Waals surface area contributed by atoms with Gasteiger partial charge in [0.15, 0.2) is 0 Å². The predicted octanol–water partition coefficient (Wildman–Crippen LogP) is 3.44. The summed E-state index contributed by atoms with van der Waals surface area (Å²) in [6.45, 7) is 1.49. The highest BCUT2D eigenvalue weighted by Gasteiger charge is 2.17. The van der Waals surface area contributed by atoms with Crippen LogP contribution in [0.4, 0.5) is 0 Å². The van der Waals surface area contributed by atoms with E-state index in [-0.39, 0.29) is 11.1 Å². The maximum absolute atomic E-state index is 11.5. The molecule has 116 valence electrons. The first-order valence-corrected chi connectivity index (χ1v) is 7.37. The van der Waals surface area contributed by atoms with E-state index < -0.39 is 11.9 Å². The van der Waals surface area contributed by atoms with Crippen LogP contribution in [0.15, 0.2) is 47.6 Å². The minimum Gasteiger partial charge on any atom is -0.478 e. The van der Waals surface area contributed by atoms with Gasteiger partial charge in [0, 0.05) is 6.08 Å². The van der Waals surface area contributed by atoms with E-state index in [1.807, 2.05) is 24.3 Å². The lowest BCUT2D eigenvalue weighted by Gasteiger charge is -2.08. The molecule has 0 aromatic heterocycles. The lowest BCUT2D eigenvalue weighted by Crippen LogP contribution is -2.04. The summed E-state index contributed by atoms with van der Waals surface area (Å²) in [6, 6.07) is 9.99. The number of carbonyl (C=O) groups is 2. The Labute approximate surface area is 133 Å². The van der Waals surface area contributed by atoms with Gasteiger partial charge in [0.25, 0.3) is 0 Å². The van der Waals surface area contributed by atoms with Crippen LogP contribution in [0.3, 0.4) is 0 Å². The van der Waals surface area contributed by atoms with Crippen molar-refractivity contribution in [2.75, 3.05) is 0 Å². The van der Waals surface area contributed by atoms with Crippen molar-refractivity contribution in [1.29, 1.82) is 0 Å². The molecule has 0 unspecified atom stereocenters. The summed E-state index contributed by atoms with van der Waals surface area (Å²) in [5, 5.41) is 20.5. The van der Waals surface area contributed by atoms with Crippen molar-refractivity contribution in [2.24, 2.45) is 0 Å². The number of rotatable bonds is 4. The van der Waals surface area contributed by atoms with Gasteiger partial charge in [0.1, 0.15) is 0 Å². The number of hydrogen-bond donors (Lipinski definition) is 2. The summed E-state index contributed by atoms with van der Waals surface area (Å²) in [5.74, 6) is -2.29. The Morgan fingerprint density at radius 1 is 1.04 bits per heavy atom. The maximum atomic E-state index is 11.5. The highest BCUT2D eigenvalue weighted by Crippen LogP contribution is 2.34. The molecule has 4 nitrogen and oxygen atoms in total. The fourth-order valence-corrected chi connectivity index (χ4v) is 3.16. The van der Waals surface area contributed by atoms with E-state index in [0.29, 0.717) is 0 Å². The standard InChI is InChI=1S/C19H16O4/c1-11(9-17(20)21)16(19(22)23)10-14-8-7-13-6-5-12-3-2-4-15(14)18(12)13/h2-4,7-10H,5-6H2,1H3,(H,20,21)(H,22,23)/b11-9-,16-10-. The third kappa shape index (κ3) is 2.75. The first-order valence-electron chi connectivity index (χ1n) is 7.37. The van der Waals surface area contributed by atoms with Crippen molar-refractivity contribution < 1.29 is 19.8 Å². The molecule has 0 saturated heterocycles. The lowest BCUT2D eigenvalue weighted by atomic mass is 9.97. The zero-order valence-electron chi connectivity index (χ0n) is 12.7. The van der Waals surface area contributed by atoms with Gasteiger partial charge < -0.3 is 10.2 Å². The molecule has 0 saturated carbocycles. The van der Waals surface area contributed by atoms with Gasteiger partial charge in [-0.1, -0.05) is 30.3 Å². The van der Waals surface area contributed by atoms with Gasteiger partial charge in [-0.2, -0.15) is 0 Å². The van der Waals surface area contributed by atoms with Crippen molar-refractivity contribution in [2.45, 2.75) is 19.8 Å². The molecule has 2 N–H and O–H groups in total. The van der Waals surface area contributed by atoms with Gasteiger partial charge in [-0.3, -0.25) is 0 Å². The van der Waals surface area contributed by atoms with Crippen LogP contribution < -0.4 is 0 Å². The van der Waals surface area contributed by atoms with E-state index in [0.717, 1.165) is 29.9 Å². The molecular formula is C19H16O4. The molecule has 0 atom stereocenters. The summed E-state index contributed by atoms with van der Waals surface area (Å²) in [7, 11) is 0. The molecule has 2 aromatic rings. The highest BCUT2D eigenvalue weighted by molar-refractivity contribution is 6.03. The molecule has 0 radical (unpaired) electrons. The Bertz CT molecular complexity index is 877. The maximum Gasteiger partial charge on any atom is 0.335 e. The van der Waals surface area contributed by atoms with Crippen LogP contribution in [0, 0.1) is 0 Å². The molecule has 23 heavy (non-hydrogen) atoms. The molecule has 4 heteroatoms. The Balaban J connectivity index is 2.20. The van der Waals surface area contributed by atoms with Crippen LogP contribution in [0.2, 0.25) is 0 Å². The molecule has 0 bridgehead atoms. The molecule has 2 aromatic carbocycles. The predicted molar refractivity (Wildman–Crippen MR) is 88.4 cm³/mol. The molecular weight excluding hydrogens is 292 g/mol. The molecule has 0 heterocycles. The van der Waals surface area contributed by atoms with E-state index in [1.54, 1.807) is 6.08 Å². The number of benzene rings is 2. The van der Waals surface area contributed by atoms with Gasteiger partial charge in [0.05, 0.1) is 5.57 Å². The van der Waals surface area contributed by atoms with E-state index in [2.05, 4.69) is 6.07 Å². The van der Waals surface area contributed by atoms with Crippen molar-refractivity contribution in [3.63, 3.8) is 0 Å². The second kappa shape index (κ2) is 5.72. The molecule has 0 spiro atoms. The van der Waals surface area contributed by atoms with Crippen LogP contribution in [-0.4, -0.2) is 22.2 Å². The molecule has 0 fully saturated rings. The quantitative estimate of drug-likeness (QED) is 0.670. The smallest absolute Gasteiger partial charge is 0.335 e.